The predicted octanol–water partition coefficient (Wildman–Crippen LogP) is 8.81. The molecule has 1 aromatic heterocycles. The van der Waals surface area contributed by atoms with E-state index in [1.807, 2.05) is 12.3 Å². The zero-order valence-corrected chi connectivity index (χ0v) is 25.5. The van der Waals surface area contributed by atoms with Crippen LogP contribution >= 0.6 is 11.3 Å². The summed E-state index contributed by atoms with van der Waals surface area (Å²) in [6.45, 7) is 0. The Hall–Kier alpha value is -3.51. The molecule has 12 heteroatoms. The maximum atomic E-state index is 13.5. The summed E-state index contributed by atoms with van der Waals surface area (Å²) in [5.74, 6) is 0.528. The monoisotopic (exact) mass is 647 g/mol. The van der Waals surface area contributed by atoms with E-state index in [2.05, 4.69) is 21.1 Å². The molecule has 5 rings (SSSR count). The van der Waals surface area contributed by atoms with Gasteiger partial charge in [0.2, 0.25) is 0 Å². The lowest BCUT2D eigenvalue weighted by Crippen LogP contribution is -2.17. The van der Waals surface area contributed by atoms with Crippen LogP contribution in [0.3, 0.4) is 0 Å². The van der Waals surface area contributed by atoms with Crippen molar-refractivity contribution < 1.29 is 30.7 Å². The third-order valence-electron chi connectivity index (χ3n) is 7.92. The van der Waals surface area contributed by atoms with E-state index in [4.69, 9.17) is 4.99 Å². The van der Waals surface area contributed by atoms with Gasteiger partial charge in [-0.1, -0.05) is 31.8 Å². The van der Waals surface area contributed by atoms with Crippen molar-refractivity contribution in [1.82, 2.24) is 4.98 Å². The molecule has 0 radical (unpaired) electrons. The van der Waals surface area contributed by atoms with Gasteiger partial charge in [-0.25, -0.2) is 17.8 Å². The molecule has 0 amide bonds. The molecule has 2 aromatic carbocycles. The Labute approximate surface area is 258 Å². The maximum Gasteiger partial charge on any atom is 0.573 e. The number of alkyl halides is 3. The molecule has 1 fully saturated rings. The van der Waals surface area contributed by atoms with Crippen LogP contribution in [-0.2, 0) is 9.84 Å². The Bertz CT molecular complexity index is 1600. The molecule has 0 spiro atoms. The number of benzene rings is 2. The minimum atomic E-state index is -4.83. The van der Waals surface area contributed by atoms with Crippen LogP contribution in [0, 0.1) is 17.7 Å². The first-order valence-electron chi connectivity index (χ1n) is 14.5. The van der Waals surface area contributed by atoms with Crippen molar-refractivity contribution in [3.8, 4) is 5.75 Å². The Balaban J connectivity index is 1.18. The van der Waals surface area contributed by atoms with E-state index in [-0.39, 0.29) is 22.4 Å². The molecule has 2 atom stereocenters. The number of hydrogen-bond donors (Lipinski definition) is 1. The highest BCUT2D eigenvalue weighted by atomic mass is 32.2. The molecule has 1 aliphatic carbocycles. The second-order valence-corrected chi connectivity index (χ2v) is 14.1. The third-order valence-corrected chi connectivity index (χ3v) is 10.5. The largest absolute Gasteiger partial charge is 0.573 e. The molecule has 0 saturated heterocycles. The van der Waals surface area contributed by atoms with Crippen LogP contribution in [-0.4, -0.2) is 31.4 Å². The SMILES string of the molecule is O=S(=O)(CCC1CCCC(CC2=CCC(c3cncs3)=CC(Nc3ccc(F)cc3)=N2)CC1)c1ccc(OC(F)(F)F)cc1. The number of anilines is 1. The zero-order chi connectivity index (χ0) is 31.2. The topological polar surface area (TPSA) is 80.7 Å². The first-order valence-corrected chi connectivity index (χ1v) is 17.0. The molecule has 1 saturated carbocycles. The average Bonchev–Trinajstić information content (AvgIpc) is 3.32. The van der Waals surface area contributed by atoms with Crippen LogP contribution in [0.1, 0.15) is 56.2 Å². The van der Waals surface area contributed by atoms with Gasteiger partial charge < -0.3 is 10.1 Å². The van der Waals surface area contributed by atoms with E-state index in [9.17, 15) is 26.0 Å². The fraction of sp³-hybridized carbons (Fsp3) is 0.375. The van der Waals surface area contributed by atoms with Crippen LogP contribution < -0.4 is 10.1 Å². The molecule has 2 aliphatic rings. The number of aliphatic imine (C=N–C) groups is 1. The minimum absolute atomic E-state index is 0.00644. The van der Waals surface area contributed by atoms with E-state index < -0.39 is 21.9 Å². The second kappa shape index (κ2) is 14.1. The minimum Gasteiger partial charge on any atom is -0.406 e. The van der Waals surface area contributed by atoms with Crippen LogP contribution in [0.4, 0.5) is 23.2 Å². The number of aromatic nitrogens is 1. The molecule has 3 aromatic rings. The van der Waals surface area contributed by atoms with Crippen molar-refractivity contribution in [1.29, 1.82) is 0 Å². The molecule has 234 valence electrons. The summed E-state index contributed by atoms with van der Waals surface area (Å²) in [7, 11) is -3.63. The normalized spacial score (nSPS) is 19.7. The smallest absolute Gasteiger partial charge is 0.406 e. The molecule has 0 bridgehead atoms. The van der Waals surface area contributed by atoms with Gasteiger partial charge in [0.1, 0.15) is 17.4 Å². The predicted molar refractivity (Wildman–Crippen MR) is 165 cm³/mol. The summed E-state index contributed by atoms with van der Waals surface area (Å²) in [5.41, 5.74) is 4.62. The fourth-order valence-corrected chi connectivity index (χ4v) is 7.72. The first kappa shape index (κ1) is 31.9. The molecule has 44 heavy (non-hydrogen) atoms. The Morgan fingerprint density at radius 3 is 2.41 bits per heavy atom. The van der Waals surface area contributed by atoms with E-state index >= 15 is 0 Å². The van der Waals surface area contributed by atoms with Gasteiger partial charge in [-0.15, -0.1) is 24.5 Å². The number of amidine groups is 1. The number of rotatable bonds is 9. The van der Waals surface area contributed by atoms with Gasteiger partial charge in [0, 0.05) is 17.6 Å². The fourth-order valence-electron chi connectivity index (χ4n) is 5.64. The number of allylic oxidation sites excluding steroid dienone is 3. The molecule has 1 aliphatic heterocycles. The Kier molecular flexibility index (Phi) is 10.2. The third kappa shape index (κ3) is 9.25. The highest BCUT2D eigenvalue weighted by Crippen LogP contribution is 2.35. The van der Waals surface area contributed by atoms with E-state index in [0.29, 0.717) is 24.6 Å². The number of hydrogen-bond acceptors (Lipinski definition) is 7. The maximum absolute atomic E-state index is 13.5. The van der Waals surface area contributed by atoms with Crippen molar-refractivity contribution in [2.45, 2.75) is 62.6 Å². The molecule has 2 heterocycles. The van der Waals surface area contributed by atoms with Gasteiger partial charge in [0.05, 0.1) is 21.0 Å². The number of sulfone groups is 1. The van der Waals surface area contributed by atoms with Crippen molar-refractivity contribution >= 4 is 38.3 Å². The molecular formula is C32H33F4N3O3S2. The lowest BCUT2D eigenvalue weighted by Gasteiger charge is -2.16. The summed E-state index contributed by atoms with van der Waals surface area (Å²) >= 11 is 1.57. The van der Waals surface area contributed by atoms with Crippen LogP contribution in [0.2, 0.25) is 0 Å². The van der Waals surface area contributed by atoms with Gasteiger partial charge in [0.25, 0.3) is 0 Å². The number of nitrogens with one attached hydrogen (secondary N) is 1. The summed E-state index contributed by atoms with van der Waals surface area (Å²) in [4.78, 5) is 10.2. The van der Waals surface area contributed by atoms with Gasteiger partial charge in [-0.2, -0.15) is 0 Å². The zero-order valence-electron chi connectivity index (χ0n) is 23.9. The van der Waals surface area contributed by atoms with Crippen molar-refractivity contribution in [3.05, 3.63) is 88.8 Å². The van der Waals surface area contributed by atoms with Crippen LogP contribution in [0.5, 0.6) is 5.75 Å². The number of nitrogens with zero attached hydrogens (tertiary/aromatic N) is 2. The van der Waals surface area contributed by atoms with E-state index in [1.165, 1.54) is 12.1 Å². The molecule has 1 N–H and O–H groups in total. The summed E-state index contributed by atoms with van der Waals surface area (Å²) < 4.78 is 80.3. The van der Waals surface area contributed by atoms with Crippen LogP contribution in [0.25, 0.3) is 5.57 Å². The van der Waals surface area contributed by atoms with Crippen molar-refractivity contribution in [2.75, 3.05) is 11.1 Å². The number of thiazole rings is 1. The number of ether oxygens (including phenoxy) is 1. The average molecular weight is 648 g/mol. The molecule has 6 nitrogen and oxygen atoms in total. The molecule has 2 unspecified atom stereocenters. The van der Waals surface area contributed by atoms with Gasteiger partial charge in [0.15, 0.2) is 9.84 Å². The van der Waals surface area contributed by atoms with Crippen LogP contribution in [0.15, 0.2) is 88.0 Å². The van der Waals surface area contributed by atoms with E-state index in [0.717, 1.165) is 84.6 Å². The summed E-state index contributed by atoms with van der Waals surface area (Å²) in [5, 5.41) is 3.32. The van der Waals surface area contributed by atoms with Crippen molar-refractivity contribution in [2.24, 2.45) is 16.8 Å². The van der Waals surface area contributed by atoms with Gasteiger partial charge in [-0.3, -0.25) is 4.98 Å². The van der Waals surface area contributed by atoms with Gasteiger partial charge >= 0.3 is 6.36 Å². The second-order valence-electron chi connectivity index (χ2n) is 11.1. The van der Waals surface area contributed by atoms with Gasteiger partial charge in [-0.05, 0) is 97.7 Å². The van der Waals surface area contributed by atoms with E-state index in [1.54, 1.807) is 29.0 Å². The highest BCUT2D eigenvalue weighted by Gasteiger charge is 2.31. The quantitative estimate of drug-likeness (QED) is 0.186. The standard InChI is InChI=1S/C32H33F4N3O3S2/c33-25-7-10-26(11-8-25)38-31-19-24(30-20-37-21-43-30)6-9-27(39-31)18-23-3-1-2-22(4-5-23)16-17-44(40,41)29-14-12-28(13-15-29)42-32(34,35)36/h7-15,19-23H,1-6,16-18H2,(H,38,39). The lowest BCUT2D eigenvalue weighted by atomic mass is 9.93. The first-order chi connectivity index (χ1) is 21.0. The summed E-state index contributed by atoms with van der Waals surface area (Å²) in [6.07, 6.45) is 8.00. The number of halogens is 4. The van der Waals surface area contributed by atoms with Crippen molar-refractivity contribution in [3.63, 3.8) is 0 Å². The molecular weight excluding hydrogens is 614 g/mol. The lowest BCUT2D eigenvalue weighted by molar-refractivity contribution is -0.274. The Morgan fingerprint density at radius 1 is 0.977 bits per heavy atom. The summed E-state index contributed by atoms with van der Waals surface area (Å²) in [6, 6.07) is 10.5. The Morgan fingerprint density at radius 2 is 1.70 bits per heavy atom. The highest BCUT2D eigenvalue weighted by molar-refractivity contribution is 7.91.